The van der Waals surface area contributed by atoms with Crippen LogP contribution >= 0.6 is 0 Å². The first kappa shape index (κ1) is 67.1. The maximum Gasteiger partial charge on any atom is 0.160 e. The Morgan fingerprint density at radius 3 is 1.14 bits per heavy atom. The minimum absolute atomic E-state index is 0.542. The van der Waals surface area contributed by atoms with E-state index in [9.17, 15) is 10.5 Å². The molecule has 0 saturated heterocycles. The van der Waals surface area contributed by atoms with Crippen LogP contribution in [0, 0.1) is 22.7 Å². The van der Waals surface area contributed by atoms with Gasteiger partial charge in [0.1, 0.15) is 23.0 Å². The van der Waals surface area contributed by atoms with Crippen LogP contribution in [0.15, 0.2) is 382 Å². The van der Waals surface area contributed by atoms with Crippen molar-refractivity contribution in [2.24, 2.45) is 0 Å². The summed E-state index contributed by atoms with van der Waals surface area (Å²) in [4.78, 5) is 27.5. The van der Waals surface area contributed by atoms with Crippen molar-refractivity contribution in [1.82, 2.24) is 24.9 Å². The standard InChI is InChI=1S/C107H63N7O2/c108-63-66-38-40-69(41-39-66)80-46-50-95(110-65-80)78-48-52-102-92(58-78)107(89-36-16-12-32-84(89)85-33-13-17-37-90(85)107)94-60-81(105-112-96(71-23-6-2-7-24-71)61-97(113-105)72-25-8-3-9-26-72)56-86(103(94)116-102)70-42-44-73(45-43-70)98-62-99(77-29-19-28-75(55-77)68-21-4-1-5-22-68)114-104(111-98)79-49-53-101-93(59-79)106(87-34-14-10-30-82(87)83-31-11-15-35-88(83)106)91-57-76(47-51-100(91)115-101)74-27-18-20-67(54-74)64-109/h1-62,65H. The number of nitriles is 2. The molecule has 15 aromatic carbocycles. The summed E-state index contributed by atoms with van der Waals surface area (Å²) in [6.45, 7) is 0. The van der Waals surface area contributed by atoms with Gasteiger partial charge in [-0.2, -0.15) is 10.5 Å². The molecule has 9 nitrogen and oxygen atoms in total. The summed E-state index contributed by atoms with van der Waals surface area (Å²) in [5.74, 6) is 4.02. The number of hydrogen-bond donors (Lipinski definition) is 0. The lowest BCUT2D eigenvalue weighted by Gasteiger charge is -2.40. The van der Waals surface area contributed by atoms with Gasteiger partial charge in [-0.25, -0.2) is 19.9 Å². The van der Waals surface area contributed by atoms with Crippen LogP contribution in [-0.4, -0.2) is 24.9 Å². The molecule has 2 aliphatic heterocycles. The molecule has 0 atom stereocenters. The highest BCUT2D eigenvalue weighted by Gasteiger charge is 2.54. The smallest absolute Gasteiger partial charge is 0.160 e. The second-order valence-corrected chi connectivity index (χ2v) is 29.9. The van der Waals surface area contributed by atoms with E-state index in [1.54, 1.807) is 0 Å². The summed E-state index contributed by atoms with van der Waals surface area (Å²) in [5.41, 5.74) is 30.3. The summed E-state index contributed by atoms with van der Waals surface area (Å²) in [6, 6.07) is 136. The van der Waals surface area contributed by atoms with Gasteiger partial charge in [-0.1, -0.05) is 267 Å². The zero-order chi connectivity index (χ0) is 77.0. The van der Waals surface area contributed by atoms with Gasteiger partial charge in [0.25, 0.3) is 0 Å². The molecule has 0 N–H and O–H groups in total. The highest BCUT2D eigenvalue weighted by molar-refractivity contribution is 5.95. The van der Waals surface area contributed by atoms with Gasteiger partial charge >= 0.3 is 0 Å². The third kappa shape index (κ3) is 10.8. The van der Waals surface area contributed by atoms with Crippen LogP contribution in [0.25, 0.3) is 146 Å². The third-order valence-electron chi connectivity index (χ3n) is 23.6. The topological polar surface area (TPSA) is 130 Å². The van der Waals surface area contributed by atoms with E-state index in [2.05, 4.69) is 328 Å². The number of benzene rings is 15. The number of pyridine rings is 1. The van der Waals surface area contributed by atoms with Crippen molar-refractivity contribution in [3.8, 4) is 181 Å². The maximum absolute atomic E-state index is 10.1. The fourth-order valence-corrected chi connectivity index (χ4v) is 18.2. The Morgan fingerprint density at radius 1 is 0.216 bits per heavy atom. The largest absolute Gasteiger partial charge is 0.457 e. The molecule has 0 fully saturated rings. The highest BCUT2D eigenvalue weighted by Crippen LogP contribution is 2.66. The van der Waals surface area contributed by atoms with Gasteiger partial charge in [-0.3, -0.25) is 4.98 Å². The van der Waals surface area contributed by atoms with Crippen LogP contribution in [0.1, 0.15) is 55.6 Å². The Morgan fingerprint density at radius 2 is 0.586 bits per heavy atom. The van der Waals surface area contributed by atoms with E-state index >= 15 is 0 Å². The number of rotatable bonds is 11. The molecule has 4 aliphatic rings. The van der Waals surface area contributed by atoms with Crippen molar-refractivity contribution < 1.29 is 9.47 Å². The summed E-state index contributed by atoms with van der Waals surface area (Å²) in [7, 11) is 0. The molecule has 0 bridgehead atoms. The maximum atomic E-state index is 10.1. The van der Waals surface area contributed by atoms with E-state index in [4.69, 9.17) is 34.4 Å². The quantitative estimate of drug-likeness (QED) is 0.124. The molecule has 3 aromatic heterocycles. The van der Waals surface area contributed by atoms with Gasteiger partial charge in [0.15, 0.2) is 11.6 Å². The molecule has 0 saturated carbocycles. The lowest BCUT2D eigenvalue weighted by atomic mass is 9.65. The number of fused-ring (bicyclic) bond motifs is 18. The number of hydrogen-bond acceptors (Lipinski definition) is 9. The van der Waals surface area contributed by atoms with E-state index in [0.29, 0.717) is 28.5 Å². The van der Waals surface area contributed by atoms with Gasteiger partial charge in [0, 0.05) is 78.5 Å². The van der Waals surface area contributed by atoms with Crippen LogP contribution in [0.3, 0.4) is 0 Å². The number of nitrogens with zero attached hydrogens (tertiary/aromatic N) is 7. The minimum atomic E-state index is -0.950. The van der Waals surface area contributed by atoms with Gasteiger partial charge in [-0.05, 0) is 187 Å². The Kier molecular flexibility index (Phi) is 15.6. The monoisotopic (exact) mass is 1480 g/mol. The molecule has 0 amide bonds. The fourth-order valence-electron chi connectivity index (χ4n) is 18.2. The molecule has 0 unspecified atom stereocenters. The lowest BCUT2D eigenvalue weighted by molar-refractivity contribution is 0.436. The van der Waals surface area contributed by atoms with Crippen molar-refractivity contribution in [2.75, 3.05) is 0 Å². The van der Waals surface area contributed by atoms with Crippen molar-refractivity contribution in [2.45, 2.75) is 10.8 Å². The van der Waals surface area contributed by atoms with Gasteiger partial charge in [0.2, 0.25) is 0 Å². The fraction of sp³-hybridized carbons (Fsp3) is 0.0187. The Balaban J connectivity index is 0.741. The van der Waals surface area contributed by atoms with E-state index in [-0.39, 0.29) is 0 Å². The Bertz CT molecular complexity index is 7000. The Hall–Kier alpha value is -15.8. The summed E-state index contributed by atoms with van der Waals surface area (Å²) in [6.07, 6.45) is 1.91. The molecule has 116 heavy (non-hydrogen) atoms. The van der Waals surface area contributed by atoms with Crippen LogP contribution in [0.4, 0.5) is 0 Å². The first-order valence-electron chi connectivity index (χ1n) is 38.8. The average Bonchev–Trinajstić information content (AvgIpc) is 1.48. The SMILES string of the molecule is N#Cc1ccc(-c2ccc(-c3ccc4c(c3)C3(c5ccccc5-c5ccccc53)c3cc(-c5nc(-c6ccccc6)cc(-c6ccccc6)n5)cc(-c5ccc(-c6cc(-c7cccc(-c8ccccc8)c7)nc(-c7ccc8c(c7)C7(c9cc(-c%10cccc(C#N)c%10)ccc9O8)c8ccccc8-c8ccccc87)n6)cc5)c3O4)nc2)cc1. The van der Waals surface area contributed by atoms with Gasteiger partial charge in [0.05, 0.1) is 62.6 Å². The van der Waals surface area contributed by atoms with E-state index in [0.717, 1.165) is 196 Å². The summed E-state index contributed by atoms with van der Waals surface area (Å²) in [5, 5.41) is 19.7. The molecule has 2 aliphatic carbocycles. The van der Waals surface area contributed by atoms with Gasteiger partial charge in [-0.15, -0.1) is 0 Å². The minimum Gasteiger partial charge on any atom is -0.457 e. The van der Waals surface area contributed by atoms with Crippen molar-refractivity contribution in [3.63, 3.8) is 0 Å². The molecule has 2 spiro atoms. The second-order valence-electron chi connectivity index (χ2n) is 29.9. The first-order valence-corrected chi connectivity index (χ1v) is 38.8. The van der Waals surface area contributed by atoms with E-state index in [1.807, 2.05) is 66.9 Å². The summed E-state index contributed by atoms with van der Waals surface area (Å²) < 4.78 is 14.8. The highest BCUT2D eigenvalue weighted by atomic mass is 16.5. The van der Waals surface area contributed by atoms with Crippen LogP contribution in [0.2, 0.25) is 0 Å². The normalized spacial score (nSPS) is 12.9. The van der Waals surface area contributed by atoms with Gasteiger partial charge < -0.3 is 9.47 Å². The third-order valence-corrected chi connectivity index (χ3v) is 23.6. The zero-order valence-corrected chi connectivity index (χ0v) is 62.3. The molecule has 538 valence electrons. The molecular formula is C107H63N7O2. The first-order chi connectivity index (χ1) is 57.3. The summed E-state index contributed by atoms with van der Waals surface area (Å²) >= 11 is 0. The molecule has 9 heteroatoms. The zero-order valence-electron chi connectivity index (χ0n) is 62.3. The van der Waals surface area contributed by atoms with Crippen molar-refractivity contribution in [1.29, 1.82) is 10.5 Å². The number of aromatic nitrogens is 5. The second kappa shape index (κ2) is 27.0. The van der Waals surface area contributed by atoms with E-state index in [1.165, 1.54) is 0 Å². The predicted octanol–water partition coefficient (Wildman–Crippen LogP) is 25.7. The molecule has 22 rings (SSSR count). The molecule has 18 aromatic rings. The Labute approximate surface area is 670 Å². The van der Waals surface area contributed by atoms with Crippen LogP contribution in [0.5, 0.6) is 23.0 Å². The van der Waals surface area contributed by atoms with E-state index < -0.39 is 10.8 Å². The van der Waals surface area contributed by atoms with Crippen LogP contribution < -0.4 is 9.47 Å². The molecule has 0 radical (unpaired) electrons. The molecular weight excluding hydrogens is 1420 g/mol. The lowest BCUT2D eigenvalue weighted by Crippen LogP contribution is -2.32. The predicted molar refractivity (Wildman–Crippen MR) is 459 cm³/mol. The average molecular weight is 1480 g/mol. The van der Waals surface area contributed by atoms with Crippen LogP contribution in [-0.2, 0) is 10.8 Å². The molecule has 5 heterocycles. The van der Waals surface area contributed by atoms with Crippen molar-refractivity contribution >= 4 is 0 Å². The number of ether oxygens (including phenoxy) is 2. The van der Waals surface area contributed by atoms with Crippen molar-refractivity contribution in [3.05, 3.63) is 438 Å².